The van der Waals surface area contributed by atoms with Gasteiger partial charge in [0.1, 0.15) is 17.8 Å². The number of nitro groups is 1. The van der Waals surface area contributed by atoms with Crippen LogP contribution in [0.3, 0.4) is 0 Å². The van der Waals surface area contributed by atoms with Crippen molar-refractivity contribution >= 4 is 27.6 Å². The van der Waals surface area contributed by atoms with Gasteiger partial charge in [0.25, 0.3) is 5.69 Å². The van der Waals surface area contributed by atoms with Gasteiger partial charge in [-0.05, 0) is 48.8 Å². The number of benzene rings is 1. The zero-order chi connectivity index (χ0) is 17.2. The lowest BCUT2D eigenvalue weighted by molar-refractivity contribution is -0.384. The number of ether oxygens (including phenoxy) is 1. The standard InChI is InChI=1S/C15H16BrN3O4/c1-15(2,3)23-13(20)9-18-8-12(16)14(17-18)10-4-6-11(7-5-10)19(21)22/h4-8H,9H2,1-3H3. The maximum absolute atomic E-state index is 11.8. The Morgan fingerprint density at radius 2 is 1.96 bits per heavy atom. The number of non-ortho nitro benzene ring substituents is 1. The summed E-state index contributed by atoms with van der Waals surface area (Å²) in [7, 11) is 0. The van der Waals surface area contributed by atoms with Crippen LogP contribution >= 0.6 is 15.9 Å². The molecule has 0 amide bonds. The number of esters is 1. The molecule has 0 aliphatic carbocycles. The third kappa shape index (κ3) is 4.62. The van der Waals surface area contributed by atoms with Crippen LogP contribution in [-0.4, -0.2) is 26.3 Å². The van der Waals surface area contributed by atoms with E-state index in [0.717, 1.165) is 0 Å². The fraction of sp³-hybridized carbons (Fsp3) is 0.333. The lowest BCUT2D eigenvalue weighted by Gasteiger charge is -2.19. The molecule has 1 aromatic heterocycles. The molecule has 0 N–H and O–H groups in total. The second-order valence-electron chi connectivity index (χ2n) is 5.91. The van der Waals surface area contributed by atoms with Gasteiger partial charge < -0.3 is 4.74 Å². The lowest BCUT2D eigenvalue weighted by Crippen LogP contribution is -2.26. The van der Waals surface area contributed by atoms with Crippen LogP contribution in [0.15, 0.2) is 34.9 Å². The molecule has 122 valence electrons. The van der Waals surface area contributed by atoms with Crippen molar-refractivity contribution in [3.63, 3.8) is 0 Å². The van der Waals surface area contributed by atoms with Crippen molar-refractivity contribution in [3.8, 4) is 11.3 Å². The highest BCUT2D eigenvalue weighted by atomic mass is 79.9. The van der Waals surface area contributed by atoms with E-state index in [1.54, 1.807) is 39.1 Å². The van der Waals surface area contributed by atoms with E-state index in [-0.39, 0.29) is 18.2 Å². The molecular weight excluding hydrogens is 366 g/mol. The van der Waals surface area contributed by atoms with Gasteiger partial charge in [0.15, 0.2) is 0 Å². The van der Waals surface area contributed by atoms with Crippen LogP contribution in [0, 0.1) is 10.1 Å². The number of carbonyl (C=O) groups is 1. The largest absolute Gasteiger partial charge is 0.459 e. The first-order chi connectivity index (χ1) is 10.7. The Morgan fingerprint density at radius 3 is 2.48 bits per heavy atom. The van der Waals surface area contributed by atoms with Gasteiger partial charge in [-0.3, -0.25) is 19.6 Å². The average molecular weight is 382 g/mol. The molecule has 0 saturated heterocycles. The Kier molecular flexibility index (Phi) is 4.84. The van der Waals surface area contributed by atoms with E-state index in [4.69, 9.17) is 4.74 Å². The number of halogens is 1. The normalized spacial score (nSPS) is 11.3. The van der Waals surface area contributed by atoms with Crippen molar-refractivity contribution in [2.24, 2.45) is 0 Å². The molecule has 0 bridgehead atoms. The number of rotatable bonds is 4. The first kappa shape index (κ1) is 17.1. The molecular formula is C15H16BrN3O4. The number of nitrogens with zero attached hydrogens (tertiary/aromatic N) is 3. The molecule has 8 heteroatoms. The molecule has 2 rings (SSSR count). The topological polar surface area (TPSA) is 87.3 Å². The maximum atomic E-state index is 11.8. The van der Waals surface area contributed by atoms with Gasteiger partial charge in [0.05, 0.1) is 9.40 Å². The molecule has 0 saturated carbocycles. The van der Waals surface area contributed by atoms with Crippen molar-refractivity contribution in [1.82, 2.24) is 9.78 Å². The minimum Gasteiger partial charge on any atom is -0.459 e. The maximum Gasteiger partial charge on any atom is 0.328 e. The van der Waals surface area contributed by atoms with Gasteiger partial charge in [-0.15, -0.1) is 0 Å². The highest BCUT2D eigenvalue weighted by Gasteiger charge is 2.18. The van der Waals surface area contributed by atoms with Crippen molar-refractivity contribution in [2.45, 2.75) is 32.9 Å². The minimum atomic E-state index is -0.553. The number of hydrogen-bond donors (Lipinski definition) is 0. The molecule has 7 nitrogen and oxygen atoms in total. The summed E-state index contributed by atoms with van der Waals surface area (Å²) in [5, 5.41) is 15.0. The highest BCUT2D eigenvalue weighted by molar-refractivity contribution is 9.10. The summed E-state index contributed by atoms with van der Waals surface area (Å²) in [5.74, 6) is -0.386. The monoisotopic (exact) mass is 381 g/mol. The Morgan fingerprint density at radius 1 is 1.35 bits per heavy atom. The first-order valence-corrected chi connectivity index (χ1v) is 7.64. The molecule has 2 aromatic rings. The van der Waals surface area contributed by atoms with Gasteiger partial charge in [-0.1, -0.05) is 0 Å². The number of carbonyl (C=O) groups excluding carboxylic acids is 1. The van der Waals surface area contributed by atoms with Crippen molar-refractivity contribution in [2.75, 3.05) is 0 Å². The van der Waals surface area contributed by atoms with Gasteiger partial charge in [0, 0.05) is 23.9 Å². The molecule has 1 heterocycles. The van der Waals surface area contributed by atoms with Crippen LogP contribution in [0.25, 0.3) is 11.3 Å². The Balaban J connectivity index is 2.18. The van der Waals surface area contributed by atoms with E-state index in [0.29, 0.717) is 15.7 Å². The second-order valence-corrected chi connectivity index (χ2v) is 6.77. The van der Waals surface area contributed by atoms with E-state index in [2.05, 4.69) is 21.0 Å². The third-order valence-electron chi connectivity index (χ3n) is 2.78. The van der Waals surface area contributed by atoms with Gasteiger partial charge in [-0.2, -0.15) is 5.10 Å². The summed E-state index contributed by atoms with van der Waals surface area (Å²) >= 11 is 3.38. The van der Waals surface area contributed by atoms with Crippen molar-refractivity contribution < 1.29 is 14.5 Å². The molecule has 0 radical (unpaired) electrons. The number of hydrogen-bond acceptors (Lipinski definition) is 5. The van der Waals surface area contributed by atoms with Crippen LogP contribution < -0.4 is 0 Å². The molecule has 0 atom stereocenters. The molecule has 0 fully saturated rings. The average Bonchev–Trinajstić information content (AvgIpc) is 2.77. The van der Waals surface area contributed by atoms with E-state index >= 15 is 0 Å². The second kappa shape index (κ2) is 6.49. The zero-order valence-corrected chi connectivity index (χ0v) is 14.5. The van der Waals surface area contributed by atoms with E-state index < -0.39 is 10.5 Å². The number of nitro benzene ring substituents is 1. The third-order valence-corrected chi connectivity index (χ3v) is 3.36. The Labute approximate surface area is 141 Å². The van der Waals surface area contributed by atoms with Crippen LogP contribution in [0.2, 0.25) is 0 Å². The Hall–Kier alpha value is -2.22. The van der Waals surface area contributed by atoms with Crippen LogP contribution in [0.4, 0.5) is 5.69 Å². The van der Waals surface area contributed by atoms with E-state index in [9.17, 15) is 14.9 Å². The zero-order valence-electron chi connectivity index (χ0n) is 12.9. The summed E-state index contributed by atoms with van der Waals surface area (Å²) in [6.07, 6.45) is 1.67. The summed E-state index contributed by atoms with van der Waals surface area (Å²) < 4.78 is 7.41. The summed E-state index contributed by atoms with van der Waals surface area (Å²) in [6, 6.07) is 6.05. The SMILES string of the molecule is CC(C)(C)OC(=O)Cn1cc(Br)c(-c2ccc([N+](=O)[O-])cc2)n1. The predicted molar refractivity (Wildman–Crippen MR) is 87.9 cm³/mol. The molecule has 1 aromatic carbocycles. The fourth-order valence-electron chi connectivity index (χ4n) is 1.92. The van der Waals surface area contributed by atoms with Crippen LogP contribution in [0.1, 0.15) is 20.8 Å². The predicted octanol–water partition coefficient (Wildman–Crippen LogP) is 3.56. The van der Waals surface area contributed by atoms with Crippen LogP contribution in [0.5, 0.6) is 0 Å². The molecule has 0 aliphatic rings. The highest BCUT2D eigenvalue weighted by Crippen LogP contribution is 2.28. The summed E-state index contributed by atoms with van der Waals surface area (Å²) in [5.41, 5.74) is 0.773. The minimum absolute atomic E-state index is 0.0111. The fourth-order valence-corrected chi connectivity index (χ4v) is 2.47. The van der Waals surface area contributed by atoms with Gasteiger partial charge >= 0.3 is 5.97 Å². The van der Waals surface area contributed by atoms with Crippen molar-refractivity contribution in [1.29, 1.82) is 0 Å². The Bertz CT molecular complexity index is 732. The van der Waals surface area contributed by atoms with E-state index in [1.807, 2.05) is 0 Å². The van der Waals surface area contributed by atoms with Gasteiger partial charge in [0.2, 0.25) is 0 Å². The molecule has 23 heavy (non-hydrogen) atoms. The molecule has 0 aliphatic heterocycles. The van der Waals surface area contributed by atoms with Gasteiger partial charge in [-0.25, -0.2) is 0 Å². The molecule has 0 spiro atoms. The smallest absolute Gasteiger partial charge is 0.328 e. The van der Waals surface area contributed by atoms with E-state index in [1.165, 1.54) is 16.8 Å². The van der Waals surface area contributed by atoms with Crippen molar-refractivity contribution in [3.05, 3.63) is 45.0 Å². The quantitative estimate of drug-likeness (QED) is 0.458. The number of aromatic nitrogens is 2. The molecule has 0 unspecified atom stereocenters. The van der Waals surface area contributed by atoms with Crippen LogP contribution in [-0.2, 0) is 16.1 Å². The first-order valence-electron chi connectivity index (χ1n) is 6.85. The summed E-state index contributed by atoms with van der Waals surface area (Å²) in [6.45, 7) is 5.38. The summed E-state index contributed by atoms with van der Waals surface area (Å²) in [4.78, 5) is 22.1. The lowest BCUT2D eigenvalue weighted by atomic mass is 10.1.